The van der Waals surface area contributed by atoms with Gasteiger partial charge in [-0.1, -0.05) is 18.6 Å². The number of nitrogens with two attached hydrogens (primary N) is 1. The highest BCUT2D eigenvalue weighted by Crippen LogP contribution is 2.69. The summed E-state index contributed by atoms with van der Waals surface area (Å²) < 4.78 is 6.68. The lowest BCUT2D eigenvalue weighted by Crippen LogP contribution is -2.51. The van der Waals surface area contributed by atoms with Crippen LogP contribution in [0.25, 0.3) is 0 Å². The number of guanidine groups is 1. The smallest absolute Gasteiger partial charge is 0.190 e. The highest BCUT2D eigenvalue weighted by molar-refractivity contribution is 5.77. The van der Waals surface area contributed by atoms with Gasteiger partial charge in [0.1, 0.15) is 6.23 Å². The molecular weight excluding hydrogens is 542 g/mol. The fourth-order valence-corrected chi connectivity index (χ4v) is 11.2. The van der Waals surface area contributed by atoms with Crippen LogP contribution in [0, 0.1) is 40.4 Å². The van der Waals surface area contributed by atoms with Crippen LogP contribution >= 0.6 is 0 Å². The van der Waals surface area contributed by atoms with Crippen molar-refractivity contribution in [2.75, 3.05) is 13.7 Å². The molecule has 5 saturated carbocycles. The van der Waals surface area contributed by atoms with Crippen LogP contribution in [0.2, 0.25) is 0 Å². The third-order valence-corrected chi connectivity index (χ3v) is 13.7. The van der Waals surface area contributed by atoms with E-state index in [1.807, 2.05) is 0 Å². The molecule has 43 heavy (non-hydrogen) atoms. The molecule has 0 aromatic rings. The predicted octanol–water partition coefficient (Wildman–Crippen LogP) is 4.39. The Labute approximate surface area is 258 Å². The lowest BCUT2D eigenvalue weighted by Gasteiger charge is -2.58. The van der Waals surface area contributed by atoms with Gasteiger partial charge in [0.15, 0.2) is 5.96 Å². The van der Waals surface area contributed by atoms with E-state index in [4.69, 9.17) is 10.5 Å². The molecule has 0 bridgehead atoms. The van der Waals surface area contributed by atoms with Crippen LogP contribution in [0.1, 0.15) is 117 Å². The van der Waals surface area contributed by atoms with E-state index in [9.17, 15) is 20.4 Å². The van der Waals surface area contributed by atoms with Crippen LogP contribution in [-0.2, 0) is 4.74 Å². The standard InChI is InChI=1S/C35H59N3O5/c1-32(25-7-6-23(17-25)29(41)38-31(36)37-3)21-27-24(11-16-39)19-34(30-33(2,43-30)13-10-28(27)32)14-8-22(18-34)9-15-35(42)12-4-5-26(40)20-35/h11,22-23,25-30,39-42H,4-10,12-21H2,1-3H3,(H3,36,37,38)/b24-11-/t22-,23-,25+,26-,27+,28+,29-,30+,32+,33+,34-,35-/m0/s1. The number of hydrogen-bond acceptors (Lipinski definition) is 6. The Morgan fingerprint density at radius 2 is 1.93 bits per heavy atom. The van der Waals surface area contributed by atoms with Crippen molar-refractivity contribution in [3.05, 3.63) is 11.6 Å². The molecule has 1 saturated heterocycles. The molecule has 7 N–H and O–H groups in total. The van der Waals surface area contributed by atoms with Crippen LogP contribution in [-0.4, -0.2) is 69.7 Å². The van der Waals surface area contributed by atoms with Crippen molar-refractivity contribution in [3.63, 3.8) is 0 Å². The quantitative estimate of drug-likeness (QED) is 0.0835. The van der Waals surface area contributed by atoms with Crippen molar-refractivity contribution < 1.29 is 25.2 Å². The second kappa shape index (κ2) is 11.9. The highest BCUT2D eigenvalue weighted by Gasteiger charge is 2.67. The molecule has 6 fully saturated rings. The molecule has 8 heteroatoms. The lowest BCUT2D eigenvalue weighted by atomic mass is 9.46. The Hall–Kier alpha value is -1.19. The summed E-state index contributed by atoms with van der Waals surface area (Å²) >= 11 is 0. The number of ether oxygens (including phenoxy) is 1. The Morgan fingerprint density at radius 3 is 2.67 bits per heavy atom. The van der Waals surface area contributed by atoms with Gasteiger partial charge in [-0.2, -0.15) is 0 Å². The predicted molar refractivity (Wildman–Crippen MR) is 168 cm³/mol. The number of aliphatic imine (C=N–C) groups is 1. The number of allylic oxidation sites excluding steroid dienone is 1. The van der Waals surface area contributed by atoms with Gasteiger partial charge in [0.05, 0.1) is 30.0 Å². The Bertz CT molecular complexity index is 1080. The van der Waals surface area contributed by atoms with E-state index in [0.717, 1.165) is 83.5 Å². The number of nitrogens with zero attached hydrogens (tertiary/aromatic N) is 1. The summed E-state index contributed by atoms with van der Waals surface area (Å²) in [4.78, 5) is 3.96. The number of rotatable bonds is 7. The van der Waals surface area contributed by atoms with Gasteiger partial charge < -0.3 is 36.2 Å². The number of nitrogens with one attached hydrogen (secondary N) is 1. The van der Waals surface area contributed by atoms with Gasteiger partial charge in [0.25, 0.3) is 0 Å². The first-order valence-corrected chi connectivity index (χ1v) is 17.5. The van der Waals surface area contributed by atoms with Crippen molar-refractivity contribution in [1.29, 1.82) is 0 Å². The summed E-state index contributed by atoms with van der Waals surface area (Å²) in [5.74, 6) is 2.72. The van der Waals surface area contributed by atoms with Crippen LogP contribution in [0.4, 0.5) is 0 Å². The minimum Gasteiger partial charge on any atom is -0.393 e. The van der Waals surface area contributed by atoms with E-state index in [1.54, 1.807) is 7.05 Å². The van der Waals surface area contributed by atoms with Crippen molar-refractivity contribution in [2.24, 2.45) is 51.1 Å². The summed E-state index contributed by atoms with van der Waals surface area (Å²) in [6, 6.07) is 0. The maximum absolute atomic E-state index is 11.2. The molecule has 1 spiro atoms. The van der Waals surface area contributed by atoms with E-state index in [2.05, 4.69) is 30.2 Å². The first kappa shape index (κ1) is 31.8. The van der Waals surface area contributed by atoms with Crippen molar-refractivity contribution in [1.82, 2.24) is 5.32 Å². The third kappa shape index (κ3) is 6.05. The number of fused-ring (bicyclic) bond motifs is 3. The topological polar surface area (TPSA) is 144 Å². The molecule has 5 aliphatic carbocycles. The highest BCUT2D eigenvalue weighted by atomic mass is 16.6. The van der Waals surface area contributed by atoms with Crippen LogP contribution in [0.5, 0.6) is 0 Å². The fourth-order valence-electron chi connectivity index (χ4n) is 11.2. The van der Waals surface area contributed by atoms with Crippen LogP contribution < -0.4 is 11.1 Å². The molecule has 1 aliphatic heterocycles. The van der Waals surface area contributed by atoms with Gasteiger partial charge in [-0.05, 0) is 132 Å². The second-order valence-corrected chi connectivity index (χ2v) is 16.4. The van der Waals surface area contributed by atoms with Gasteiger partial charge in [-0.15, -0.1) is 0 Å². The molecule has 0 radical (unpaired) electrons. The molecule has 0 aromatic carbocycles. The SMILES string of the molecule is CN=C(N)N[C@@H](O)[C@H]1CC[C@@H]([C@@]2(C)C[C@@H]3/C(=C\CO)C[C@@]4(CC[C@@H](CC[C@@]5(O)CCC[C@H](O)C5)C4)[C@@H]4O[C@]4(C)CC[C@H]32)C1. The number of hydrogen-bond donors (Lipinski definition) is 6. The molecule has 0 amide bonds. The van der Waals surface area contributed by atoms with Crippen molar-refractivity contribution in [2.45, 2.75) is 146 Å². The van der Waals surface area contributed by atoms with E-state index < -0.39 is 11.8 Å². The van der Waals surface area contributed by atoms with Gasteiger partial charge in [0.2, 0.25) is 0 Å². The zero-order valence-corrected chi connectivity index (χ0v) is 26.9. The van der Waals surface area contributed by atoms with Crippen LogP contribution in [0.3, 0.4) is 0 Å². The average Bonchev–Trinajstić information content (AvgIpc) is 3.29. The van der Waals surface area contributed by atoms with E-state index in [-0.39, 0.29) is 41.2 Å². The van der Waals surface area contributed by atoms with Gasteiger partial charge in [0, 0.05) is 24.8 Å². The summed E-state index contributed by atoms with van der Waals surface area (Å²) in [5.41, 5.74) is 6.89. The zero-order chi connectivity index (χ0) is 30.6. The fraction of sp³-hybridized carbons (Fsp3) is 0.914. The zero-order valence-electron chi connectivity index (χ0n) is 26.9. The summed E-state index contributed by atoms with van der Waals surface area (Å²) in [6.45, 7) is 4.94. The summed E-state index contributed by atoms with van der Waals surface area (Å²) in [7, 11) is 1.63. The molecule has 244 valence electrons. The number of epoxide rings is 1. The van der Waals surface area contributed by atoms with Gasteiger partial charge in [-0.3, -0.25) is 4.99 Å². The maximum Gasteiger partial charge on any atom is 0.190 e. The molecule has 6 rings (SSSR count). The Morgan fingerprint density at radius 1 is 1.12 bits per heavy atom. The molecule has 12 atom stereocenters. The second-order valence-electron chi connectivity index (χ2n) is 16.4. The first-order valence-electron chi connectivity index (χ1n) is 17.5. The molecular formula is C35H59N3O5. The number of aliphatic hydroxyl groups is 4. The van der Waals surface area contributed by atoms with E-state index in [1.165, 1.54) is 18.4 Å². The minimum absolute atomic E-state index is 0.0639. The molecule has 0 aromatic heterocycles. The van der Waals surface area contributed by atoms with Crippen LogP contribution in [0.15, 0.2) is 16.6 Å². The van der Waals surface area contributed by atoms with E-state index >= 15 is 0 Å². The largest absolute Gasteiger partial charge is 0.393 e. The van der Waals surface area contributed by atoms with E-state index in [0.29, 0.717) is 36.1 Å². The number of aliphatic hydroxyl groups excluding tert-OH is 3. The normalized spacial score (nSPS) is 49.9. The average molecular weight is 602 g/mol. The van der Waals surface area contributed by atoms with Crippen molar-refractivity contribution in [3.8, 4) is 0 Å². The van der Waals surface area contributed by atoms with Gasteiger partial charge in [-0.25, -0.2) is 0 Å². The molecule has 1 heterocycles. The summed E-state index contributed by atoms with van der Waals surface area (Å²) in [6.07, 6.45) is 17.4. The minimum atomic E-state index is -0.705. The van der Waals surface area contributed by atoms with Crippen molar-refractivity contribution >= 4 is 5.96 Å². The lowest BCUT2D eigenvalue weighted by molar-refractivity contribution is -0.0716. The Balaban J connectivity index is 1.15. The molecule has 0 unspecified atom stereocenters. The third-order valence-electron chi connectivity index (χ3n) is 13.7. The first-order chi connectivity index (χ1) is 20.4. The maximum atomic E-state index is 11.2. The Kier molecular flexibility index (Phi) is 8.77. The summed E-state index contributed by atoms with van der Waals surface area (Å²) in [5, 5.41) is 45.3. The molecule has 6 aliphatic rings. The van der Waals surface area contributed by atoms with Gasteiger partial charge >= 0.3 is 0 Å². The monoisotopic (exact) mass is 601 g/mol. The molecule has 8 nitrogen and oxygen atoms in total.